The Morgan fingerprint density at radius 1 is 1.32 bits per heavy atom. The number of amides is 1. The fraction of sp³-hybridized carbons (Fsp3) is 0.429. The number of hydrogen-bond acceptors (Lipinski definition) is 5. The van der Waals surface area contributed by atoms with Crippen molar-refractivity contribution in [3.05, 3.63) is 54.0 Å². The van der Waals surface area contributed by atoms with Gasteiger partial charge in [-0.3, -0.25) is 4.79 Å². The second kappa shape index (κ2) is 9.01. The zero-order chi connectivity index (χ0) is 20.1. The quantitative estimate of drug-likeness (QED) is 0.826. The lowest BCUT2D eigenvalue weighted by atomic mass is 10.2. The van der Waals surface area contributed by atoms with Crippen LogP contribution in [0.3, 0.4) is 0 Å². The highest BCUT2D eigenvalue weighted by molar-refractivity contribution is 5.80. The van der Waals surface area contributed by atoms with Gasteiger partial charge >= 0.3 is 0 Å². The van der Waals surface area contributed by atoms with Crippen LogP contribution in [0.1, 0.15) is 26.3 Å². The van der Waals surface area contributed by atoms with E-state index >= 15 is 0 Å². The summed E-state index contributed by atoms with van der Waals surface area (Å²) in [6, 6.07) is 9.64. The van der Waals surface area contributed by atoms with Gasteiger partial charge in [0.25, 0.3) is 5.91 Å². The number of hydrogen-bond donors (Lipinski definition) is 1. The van der Waals surface area contributed by atoms with Crippen LogP contribution in [0.2, 0.25) is 0 Å². The van der Waals surface area contributed by atoms with Gasteiger partial charge < -0.3 is 19.7 Å². The van der Waals surface area contributed by atoms with Crippen LogP contribution in [0.4, 0.5) is 10.2 Å². The molecule has 6 nitrogen and oxygen atoms in total. The zero-order valence-electron chi connectivity index (χ0n) is 16.4. The summed E-state index contributed by atoms with van der Waals surface area (Å²) >= 11 is 0. The number of anilines is 1. The molecule has 3 rings (SSSR count). The number of nitrogens with zero attached hydrogens (tertiary/aromatic N) is 2. The van der Waals surface area contributed by atoms with Gasteiger partial charge in [-0.25, -0.2) is 9.37 Å². The molecule has 1 aromatic carbocycles. The molecule has 1 fully saturated rings. The second-order valence-electron chi connectivity index (χ2n) is 7.12. The minimum absolute atomic E-state index is 0.170. The Balaban J connectivity index is 1.50. The fourth-order valence-corrected chi connectivity index (χ4v) is 3.20. The number of aromatic nitrogens is 1. The van der Waals surface area contributed by atoms with Crippen LogP contribution < -0.4 is 15.0 Å². The van der Waals surface area contributed by atoms with E-state index in [0.29, 0.717) is 12.3 Å². The smallest absolute Gasteiger partial charge is 0.261 e. The van der Waals surface area contributed by atoms with Gasteiger partial charge in [-0.1, -0.05) is 12.1 Å². The van der Waals surface area contributed by atoms with Gasteiger partial charge in [0, 0.05) is 31.9 Å². The molecule has 1 aliphatic rings. The summed E-state index contributed by atoms with van der Waals surface area (Å²) in [5.74, 6) is 0.548. The van der Waals surface area contributed by atoms with E-state index in [2.05, 4.69) is 29.0 Å². The topological polar surface area (TPSA) is 63.7 Å². The molecule has 0 radical (unpaired) electrons. The number of nitrogens with one attached hydrogen (secondary N) is 1. The Labute approximate surface area is 164 Å². The van der Waals surface area contributed by atoms with Gasteiger partial charge in [0.2, 0.25) is 0 Å². The minimum atomic E-state index is -0.731. The number of benzene rings is 1. The molecule has 7 heteroatoms. The molecule has 3 atom stereocenters. The maximum Gasteiger partial charge on any atom is 0.261 e. The van der Waals surface area contributed by atoms with Crippen molar-refractivity contribution in [3.8, 4) is 5.75 Å². The van der Waals surface area contributed by atoms with Crippen LogP contribution >= 0.6 is 0 Å². The molecule has 2 aromatic rings. The molecule has 150 valence electrons. The van der Waals surface area contributed by atoms with Crippen LogP contribution in [0, 0.1) is 5.82 Å². The standard InChI is InChI=1S/C21H26FN3O3/c1-14-12-25(13-15(2)27-14)20-8-7-17(10-23-20)11-24-21(26)16(3)28-19-6-4-5-18(22)9-19/h4-10,14-16H,11-13H2,1-3H3,(H,24,26). The van der Waals surface area contributed by atoms with E-state index in [1.54, 1.807) is 25.3 Å². The van der Waals surface area contributed by atoms with Crippen LogP contribution in [0.25, 0.3) is 0 Å². The van der Waals surface area contributed by atoms with Crippen LogP contribution in [0.15, 0.2) is 42.6 Å². The Morgan fingerprint density at radius 2 is 2.07 bits per heavy atom. The number of rotatable bonds is 6. The third kappa shape index (κ3) is 5.42. The Morgan fingerprint density at radius 3 is 2.71 bits per heavy atom. The van der Waals surface area contributed by atoms with Crippen LogP contribution in [0.5, 0.6) is 5.75 Å². The molecular weight excluding hydrogens is 361 g/mol. The average molecular weight is 387 g/mol. The summed E-state index contributed by atoms with van der Waals surface area (Å²) in [6.45, 7) is 7.70. The van der Waals surface area contributed by atoms with E-state index < -0.39 is 11.9 Å². The summed E-state index contributed by atoms with van der Waals surface area (Å²) in [5.41, 5.74) is 0.893. The Kier molecular flexibility index (Phi) is 6.46. The maximum atomic E-state index is 13.2. The van der Waals surface area contributed by atoms with Gasteiger partial charge in [0.15, 0.2) is 6.10 Å². The van der Waals surface area contributed by atoms with Gasteiger partial charge in [0.05, 0.1) is 12.2 Å². The normalized spacial score (nSPS) is 20.5. The summed E-state index contributed by atoms with van der Waals surface area (Å²) in [6.07, 6.45) is 1.37. The van der Waals surface area contributed by atoms with E-state index in [4.69, 9.17) is 9.47 Å². The largest absolute Gasteiger partial charge is 0.481 e. The SMILES string of the molecule is CC1CN(c2ccc(CNC(=O)C(C)Oc3cccc(F)c3)cn2)CC(C)O1. The van der Waals surface area contributed by atoms with E-state index in [1.165, 1.54) is 12.1 Å². The second-order valence-corrected chi connectivity index (χ2v) is 7.12. The molecule has 0 aliphatic carbocycles. The summed E-state index contributed by atoms with van der Waals surface area (Å²) in [7, 11) is 0. The van der Waals surface area contributed by atoms with Crippen molar-refractivity contribution in [2.24, 2.45) is 0 Å². The highest BCUT2D eigenvalue weighted by atomic mass is 19.1. The lowest BCUT2D eigenvalue weighted by molar-refractivity contribution is -0.127. The predicted molar refractivity (Wildman–Crippen MR) is 105 cm³/mol. The summed E-state index contributed by atoms with van der Waals surface area (Å²) < 4.78 is 24.4. The predicted octanol–water partition coefficient (Wildman–Crippen LogP) is 2.92. The number of carbonyl (C=O) groups is 1. The van der Waals surface area contributed by atoms with E-state index in [0.717, 1.165) is 24.5 Å². The zero-order valence-corrected chi connectivity index (χ0v) is 16.4. The van der Waals surface area contributed by atoms with Gasteiger partial charge in [0.1, 0.15) is 17.4 Å². The molecule has 28 heavy (non-hydrogen) atoms. The van der Waals surface area contributed by atoms with E-state index in [1.807, 2.05) is 12.1 Å². The van der Waals surface area contributed by atoms with Gasteiger partial charge in [-0.15, -0.1) is 0 Å². The molecule has 1 N–H and O–H groups in total. The number of ether oxygens (including phenoxy) is 2. The lowest BCUT2D eigenvalue weighted by Crippen LogP contribution is -2.45. The molecular formula is C21H26FN3O3. The van der Waals surface area contributed by atoms with Crippen LogP contribution in [-0.2, 0) is 16.1 Å². The van der Waals surface area contributed by atoms with Gasteiger partial charge in [-0.05, 0) is 44.5 Å². The van der Waals surface area contributed by atoms with Crippen molar-refractivity contribution in [3.63, 3.8) is 0 Å². The first kappa shape index (κ1) is 20.1. The number of morpholine rings is 1. The van der Waals surface area contributed by atoms with E-state index in [-0.39, 0.29) is 18.1 Å². The average Bonchev–Trinajstić information content (AvgIpc) is 2.65. The lowest BCUT2D eigenvalue weighted by Gasteiger charge is -2.36. The molecule has 3 unspecified atom stereocenters. The first-order valence-corrected chi connectivity index (χ1v) is 9.46. The highest BCUT2D eigenvalue weighted by Crippen LogP contribution is 2.18. The maximum absolute atomic E-state index is 13.2. The molecule has 1 saturated heterocycles. The molecule has 0 saturated carbocycles. The van der Waals surface area contributed by atoms with Gasteiger partial charge in [-0.2, -0.15) is 0 Å². The number of halogens is 1. The van der Waals surface area contributed by atoms with Crippen molar-refractivity contribution in [2.45, 2.75) is 45.6 Å². The van der Waals surface area contributed by atoms with Crippen molar-refractivity contribution >= 4 is 11.7 Å². The summed E-state index contributed by atoms with van der Waals surface area (Å²) in [4.78, 5) is 18.9. The van der Waals surface area contributed by atoms with Crippen LogP contribution in [-0.4, -0.2) is 42.3 Å². The minimum Gasteiger partial charge on any atom is -0.481 e. The number of pyridine rings is 1. The summed E-state index contributed by atoms with van der Waals surface area (Å²) in [5, 5.41) is 2.82. The third-order valence-electron chi connectivity index (χ3n) is 4.50. The Bertz CT molecular complexity index is 790. The van der Waals surface area contributed by atoms with Crippen molar-refractivity contribution in [2.75, 3.05) is 18.0 Å². The Hall–Kier alpha value is -2.67. The molecule has 0 bridgehead atoms. The molecule has 2 heterocycles. The third-order valence-corrected chi connectivity index (χ3v) is 4.50. The molecule has 1 amide bonds. The highest BCUT2D eigenvalue weighted by Gasteiger charge is 2.23. The molecule has 0 spiro atoms. The number of carbonyl (C=O) groups excluding carboxylic acids is 1. The van der Waals surface area contributed by atoms with Crippen molar-refractivity contribution < 1.29 is 18.7 Å². The molecule has 1 aromatic heterocycles. The fourth-order valence-electron chi connectivity index (χ4n) is 3.20. The monoisotopic (exact) mass is 387 g/mol. The van der Waals surface area contributed by atoms with Crippen molar-refractivity contribution in [1.82, 2.24) is 10.3 Å². The van der Waals surface area contributed by atoms with E-state index in [9.17, 15) is 9.18 Å². The van der Waals surface area contributed by atoms with Crippen molar-refractivity contribution in [1.29, 1.82) is 0 Å². The first-order valence-electron chi connectivity index (χ1n) is 9.46. The molecule has 1 aliphatic heterocycles. The first-order chi connectivity index (χ1) is 13.4.